The summed E-state index contributed by atoms with van der Waals surface area (Å²) in [5.74, 6) is 4.36. The van der Waals surface area contributed by atoms with E-state index in [4.69, 9.17) is 10.5 Å². The smallest absolute Gasteiger partial charge is 0.200 e. The topological polar surface area (TPSA) is 61.0 Å². The Kier molecular flexibility index (Phi) is 2.59. The van der Waals surface area contributed by atoms with Gasteiger partial charge < -0.3 is 10.5 Å². The van der Waals surface area contributed by atoms with E-state index in [1.807, 2.05) is 0 Å². The molecule has 0 unspecified atom stereocenters. The highest BCUT2D eigenvalue weighted by Crippen LogP contribution is 2.54. The second kappa shape index (κ2) is 4.17. The van der Waals surface area contributed by atoms with Crippen LogP contribution in [0.4, 0.5) is 5.13 Å². The first-order valence-corrected chi connectivity index (χ1v) is 7.75. The number of hydrogen-bond acceptors (Lipinski definition) is 5. The van der Waals surface area contributed by atoms with E-state index in [1.54, 1.807) is 0 Å². The van der Waals surface area contributed by atoms with Gasteiger partial charge in [0.2, 0.25) is 0 Å². The highest BCUT2D eigenvalue weighted by molar-refractivity contribution is 7.09. The highest BCUT2D eigenvalue weighted by Gasteiger charge is 2.48. The van der Waals surface area contributed by atoms with Crippen LogP contribution in [0.25, 0.3) is 0 Å². The van der Waals surface area contributed by atoms with Gasteiger partial charge in [0.1, 0.15) is 6.61 Å². The number of nitrogens with zero attached hydrogens (tertiary/aromatic N) is 2. The quantitative estimate of drug-likeness (QED) is 0.912. The molecule has 18 heavy (non-hydrogen) atoms. The molecule has 0 atom stereocenters. The Morgan fingerprint density at radius 3 is 2.33 bits per heavy atom. The predicted octanol–water partition coefficient (Wildman–Crippen LogP) is 2.46. The minimum absolute atomic E-state index is 0.461. The van der Waals surface area contributed by atoms with Crippen LogP contribution in [-0.4, -0.2) is 15.5 Å². The van der Waals surface area contributed by atoms with Crippen molar-refractivity contribution in [3.63, 3.8) is 0 Å². The van der Waals surface area contributed by atoms with Crippen LogP contribution in [0.2, 0.25) is 0 Å². The summed E-state index contributed by atoms with van der Waals surface area (Å²) in [4.78, 5) is 4.17. The Balaban J connectivity index is 1.43. The fourth-order valence-corrected chi connectivity index (χ4v) is 5.08. The van der Waals surface area contributed by atoms with Crippen molar-refractivity contribution < 1.29 is 4.74 Å². The van der Waals surface area contributed by atoms with Crippen molar-refractivity contribution in [1.29, 1.82) is 0 Å². The Hall–Kier alpha value is -0.680. The molecule has 4 fully saturated rings. The van der Waals surface area contributed by atoms with Gasteiger partial charge in [0, 0.05) is 11.5 Å². The second-order valence-electron chi connectivity index (χ2n) is 6.26. The third kappa shape index (κ3) is 1.84. The number of rotatable bonds is 3. The molecule has 0 aromatic carbocycles. The molecule has 98 valence electrons. The number of nitrogen functional groups attached to an aromatic ring is 1. The van der Waals surface area contributed by atoms with Crippen LogP contribution in [-0.2, 0) is 11.3 Å². The maximum Gasteiger partial charge on any atom is 0.200 e. The minimum Gasteiger partial charge on any atom is -0.374 e. The van der Waals surface area contributed by atoms with Gasteiger partial charge in [-0.3, -0.25) is 0 Å². The van der Waals surface area contributed by atoms with E-state index in [0.29, 0.717) is 17.8 Å². The molecule has 5 heteroatoms. The summed E-state index contributed by atoms with van der Waals surface area (Å²) in [6, 6.07) is 0. The van der Waals surface area contributed by atoms with Crippen LogP contribution < -0.4 is 5.73 Å². The Bertz CT molecular complexity index is 419. The molecule has 4 bridgehead atoms. The molecule has 1 aromatic heterocycles. The lowest BCUT2D eigenvalue weighted by Gasteiger charge is -2.53. The first-order valence-electron chi connectivity index (χ1n) is 6.97. The average Bonchev–Trinajstić information content (AvgIpc) is 2.73. The number of aromatic nitrogens is 2. The number of ether oxygens (including phenoxy) is 1. The second-order valence-corrected chi connectivity index (χ2v) is 7.04. The van der Waals surface area contributed by atoms with Crippen molar-refractivity contribution in [3.05, 3.63) is 5.82 Å². The van der Waals surface area contributed by atoms with Gasteiger partial charge in [-0.2, -0.15) is 4.37 Å². The predicted molar refractivity (Wildman–Crippen MR) is 69.9 cm³/mol. The third-order valence-corrected chi connectivity index (χ3v) is 5.61. The molecule has 5 rings (SSSR count). The molecule has 1 heterocycles. The van der Waals surface area contributed by atoms with Crippen molar-refractivity contribution in [2.24, 2.45) is 23.7 Å². The molecular formula is C13H19N3OS. The average molecular weight is 265 g/mol. The SMILES string of the molecule is Nc1nc(COC2C3CC4CC(C3)CC2C4)ns1. The highest BCUT2D eigenvalue weighted by atomic mass is 32.1. The lowest BCUT2D eigenvalue weighted by molar-refractivity contribution is -0.132. The molecule has 0 amide bonds. The van der Waals surface area contributed by atoms with Crippen LogP contribution in [0.15, 0.2) is 0 Å². The van der Waals surface area contributed by atoms with E-state index in [2.05, 4.69) is 9.36 Å². The summed E-state index contributed by atoms with van der Waals surface area (Å²) in [7, 11) is 0. The van der Waals surface area contributed by atoms with Gasteiger partial charge in [-0.15, -0.1) is 0 Å². The summed E-state index contributed by atoms with van der Waals surface area (Å²) in [5.41, 5.74) is 5.59. The molecular weight excluding hydrogens is 246 g/mol. The van der Waals surface area contributed by atoms with Gasteiger partial charge in [0.15, 0.2) is 11.0 Å². The fourth-order valence-electron chi connectivity index (χ4n) is 4.64. The van der Waals surface area contributed by atoms with Crippen molar-refractivity contribution in [2.45, 2.75) is 44.8 Å². The Morgan fingerprint density at radius 2 is 1.78 bits per heavy atom. The largest absolute Gasteiger partial charge is 0.374 e. The van der Waals surface area contributed by atoms with Crippen molar-refractivity contribution in [3.8, 4) is 0 Å². The maximum atomic E-state index is 6.14. The lowest BCUT2D eigenvalue weighted by atomic mass is 9.55. The third-order valence-electron chi connectivity index (χ3n) is 5.03. The number of anilines is 1. The van der Waals surface area contributed by atoms with Crippen molar-refractivity contribution >= 4 is 16.7 Å². The molecule has 2 N–H and O–H groups in total. The standard InChI is InChI=1S/C13H19N3OS/c14-13-15-11(16-18-13)6-17-12-9-2-7-1-8(4-9)5-10(12)3-7/h7-10,12H,1-6H2,(H2,14,15,16). The normalized spacial score (nSPS) is 41.4. The van der Waals surface area contributed by atoms with Crippen LogP contribution in [0.3, 0.4) is 0 Å². The van der Waals surface area contributed by atoms with Crippen molar-refractivity contribution in [2.75, 3.05) is 5.73 Å². The summed E-state index contributed by atoms with van der Waals surface area (Å²) < 4.78 is 10.3. The van der Waals surface area contributed by atoms with Crippen LogP contribution in [0.5, 0.6) is 0 Å². The van der Waals surface area contributed by atoms with Gasteiger partial charge in [0.25, 0.3) is 0 Å². The van der Waals surface area contributed by atoms with Gasteiger partial charge in [-0.1, -0.05) is 0 Å². The van der Waals surface area contributed by atoms with E-state index < -0.39 is 0 Å². The Labute approximate surface area is 111 Å². The summed E-state index contributed by atoms with van der Waals surface area (Å²) in [6.45, 7) is 0.542. The molecule has 0 spiro atoms. The monoisotopic (exact) mass is 265 g/mol. The van der Waals surface area contributed by atoms with Crippen LogP contribution >= 0.6 is 11.5 Å². The molecule has 4 nitrogen and oxygen atoms in total. The van der Waals surface area contributed by atoms with Gasteiger partial charge in [0.05, 0.1) is 6.10 Å². The molecule has 4 aliphatic rings. The number of hydrogen-bond donors (Lipinski definition) is 1. The molecule has 4 aliphatic carbocycles. The summed E-state index contributed by atoms with van der Waals surface area (Å²) >= 11 is 1.26. The molecule has 1 aromatic rings. The van der Waals surface area contributed by atoms with Crippen LogP contribution in [0, 0.1) is 23.7 Å². The summed E-state index contributed by atoms with van der Waals surface area (Å²) in [5, 5.41) is 0.540. The zero-order valence-corrected chi connectivity index (χ0v) is 11.2. The van der Waals surface area contributed by atoms with E-state index in [9.17, 15) is 0 Å². The molecule has 0 aliphatic heterocycles. The van der Waals surface area contributed by atoms with Crippen LogP contribution in [0.1, 0.15) is 37.9 Å². The molecule has 0 radical (unpaired) electrons. The van der Waals surface area contributed by atoms with Gasteiger partial charge >= 0.3 is 0 Å². The van der Waals surface area contributed by atoms with E-state index in [0.717, 1.165) is 29.5 Å². The minimum atomic E-state index is 0.461. The number of nitrogens with two attached hydrogens (primary N) is 1. The van der Waals surface area contributed by atoms with Gasteiger partial charge in [-0.05, 0) is 55.8 Å². The molecule has 4 saturated carbocycles. The zero-order chi connectivity index (χ0) is 12.1. The van der Waals surface area contributed by atoms with E-state index in [-0.39, 0.29) is 0 Å². The maximum absolute atomic E-state index is 6.14. The first-order chi connectivity index (χ1) is 8.78. The van der Waals surface area contributed by atoms with E-state index >= 15 is 0 Å². The Morgan fingerprint density at radius 1 is 1.11 bits per heavy atom. The van der Waals surface area contributed by atoms with Crippen molar-refractivity contribution in [1.82, 2.24) is 9.36 Å². The molecule has 0 saturated heterocycles. The first kappa shape index (κ1) is 11.2. The summed E-state index contributed by atoms with van der Waals surface area (Å²) in [6.07, 6.45) is 7.52. The van der Waals surface area contributed by atoms with Gasteiger partial charge in [-0.25, -0.2) is 4.98 Å². The van der Waals surface area contributed by atoms with E-state index in [1.165, 1.54) is 43.6 Å². The lowest BCUT2D eigenvalue weighted by Crippen LogP contribution is -2.49. The fraction of sp³-hybridized carbons (Fsp3) is 0.846. The zero-order valence-electron chi connectivity index (χ0n) is 10.4.